The molecule has 0 atom stereocenters. The third-order valence-electron chi connectivity index (χ3n) is 3.59. The van der Waals surface area contributed by atoms with Crippen LogP contribution in [0.3, 0.4) is 0 Å². The summed E-state index contributed by atoms with van der Waals surface area (Å²) in [7, 11) is 0. The lowest BCUT2D eigenvalue weighted by Gasteiger charge is -2.21. The number of nitrogens with two attached hydrogens (primary N) is 1. The van der Waals surface area contributed by atoms with Crippen LogP contribution >= 0.6 is 0 Å². The Hall–Kier alpha value is -1.78. The molecule has 0 spiro atoms. The Kier molecular flexibility index (Phi) is 6.31. The van der Waals surface area contributed by atoms with E-state index < -0.39 is 0 Å². The van der Waals surface area contributed by atoms with E-state index in [1.165, 1.54) is 37.8 Å². The molecule has 1 fully saturated rings. The van der Waals surface area contributed by atoms with Crippen LogP contribution < -0.4 is 10.5 Å². The van der Waals surface area contributed by atoms with Gasteiger partial charge in [-0.3, -0.25) is 4.99 Å². The van der Waals surface area contributed by atoms with Gasteiger partial charge in [-0.2, -0.15) is 0 Å². The minimum absolute atomic E-state index is 0.253. The molecule has 1 aromatic carbocycles. The average Bonchev–Trinajstić information content (AvgIpc) is 2.78. The molecule has 1 aromatic rings. The number of halogens is 1. The van der Waals surface area contributed by atoms with E-state index in [2.05, 4.69) is 9.89 Å². The van der Waals surface area contributed by atoms with Crippen LogP contribution in [-0.4, -0.2) is 37.1 Å². The number of ether oxygens (including phenoxy) is 1. The molecule has 116 valence electrons. The second-order valence-corrected chi connectivity index (χ2v) is 5.30. The van der Waals surface area contributed by atoms with Gasteiger partial charge in [0.25, 0.3) is 0 Å². The first kappa shape index (κ1) is 15.6. The van der Waals surface area contributed by atoms with Gasteiger partial charge in [0.1, 0.15) is 11.6 Å². The quantitative estimate of drug-likeness (QED) is 0.516. The summed E-state index contributed by atoms with van der Waals surface area (Å²) in [4.78, 5) is 6.59. The minimum atomic E-state index is -0.253. The third kappa shape index (κ3) is 5.61. The Morgan fingerprint density at radius 3 is 2.48 bits per heavy atom. The first-order chi connectivity index (χ1) is 10.3. The molecule has 21 heavy (non-hydrogen) atoms. The van der Waals surface area contributed by atoms with Crippen molar-refractivity contribution < 1.29 is 9.13 Å². The fourth-order valence-electron chi connectivity index (χ4n) is 2.38. The molecular weight excluding hydrogens is 269 g/mol. The van der Waals surface area contributed by atoms with Gasteiger partial charge in [0.2, 0.25) is 0 Å². The van der Waals surface area contributed by atoms with Crippen LogP contribution in [-0.2, 0) is 0 Å². The molecule has 4 nitrogen and oxygen atoms in total. The standard InChI is InChI=1S/C16H24FN3O/c17-14-6-8-15(9-7-14)21-13-5-10-19-16(18)20-11-3-1-2-4-12-20/h6-9H,1-5,10-13H2,(H2,18,19). The Balaban J connectivity index is 1.65. The predicted molar refractivity (Wildman–Crippen MR) is 83.0 cm³/mol. The summed E-state index contributed by atoms with van der Waals surface area (Å²) in [5.74, 6) is 1.08. The van der Waals surface area contributed by atoms with Crippen LogP contribution in [0.1, 0.15) is 32.1 Å². The van der Waals surface area contributed by atoms with E-state index in [0.29, 0.717) is 24.9 Å². The normalized spacial score (nSPS) is 16.6. The van der Waals surface area contributed by atoms with Crippen molar-refractivity contribution in [3.05, 3.63) is 30.1 Å². The molecule has 0 aliphatic carbocycles. The van der Waals surface area contributed by atoms with Crippen molar-refractivity contribution in [2.45, 2.75) is 32.1 Å². The molecular formula is C16H24FN3O. The molecule has 0 aromatic heterocycles. The van der Waals surface area contributed by atoms with Crippen molar-refractivity contribution in [2.24, 2.45) is 10.7 Å². The van der Waals surface area contributed by atoms with E-state index in [9.17, 15) is 4.39 Å². The highest BCUT2D eigenvalue weighted by molar-refractivity contribution is 5.78. The Morgan fingerprint density at radius 1 is 1.14 bits per heavy atom. The second kappa shape index (κ2) is 8.49. The van der Waals surface area contributed by atoms with Crippen LogP contribution in [0.4, 0.5) is 4.39 Å². The molecule has 0 saturated carbocycles. The molecule has 1 heterocycles. The van der Waals surface area contributed by atoms with E-state index >= 15 is 0 Å². The van der Waals surface area contributed by atoms with Gasteiger partial charge in [-0.1, -0.05) is 12.8 Å². The van der Waals surface area contributed by atoms with Crippen molar-refractivity contribution >= 4 is 5.96 Å². The zero-order valence-corrected chi connectivity index (χ0v) is 12.4. The molecule has 2 rings (SSSR count). The molecule has 5 heteroatoms. The van der Waals surface area contributed by atoms with Crippen molar-refractivity contribution in [1.82, 2.24) is 4.90 Å². The van der Waals surface area contributed by atoms with Gasteiger partial charge in [0, 0.05) is 26.1 Å². The summed E-state index contributed by atoms with van der Waals surface area (Å²) in [5.41, 5.74) is 6.02. The van der Waals surface area contributed by atoms with Crippen LogP contribution in [0, 0.1) is 5.82 Å². The molecule has 2 N–H and O–H groups in total. The molecule has 0 radical (unpaired) electrons. The van der Waals surface area contributed by atoms with Crippen molar-refractivity contribution in [2.75, 3.05) is 26.2 Å². The Morgan fingerprint density at radius 2 is 1.81 bits per heavy atom. The van der Waals surface area contributed by atoms with Crippen LogP contribution in [0.25, 0.3) is 0 Å². The average molecular weight is 293 g/mol. The van der Waals surface area contributed by atoms with Gasteiger partial charge in [0.05, 0.1) is 6.61 Å². The number of hydrogen-bond donors (Lipinski definition) is 1. The maximum absolute atomic E-state index is 12.7. The topological polar surface area (TPSA) is 50.9 Å². The zero-order valence-electron chi connectivity index (χ0n) is 12.4. The largest absolute Gasteiger partial charge is 0.494 e. The van der Waals surface area contributed by atoms with Crippen LogP contribution in [0.5, 0.6) is 5.75 Å². The fourth-order valence-corrected chi connectivity index (χ4v) is 2.38. The van der Waals surface area contributed by atoms with Gasteiger partial charge < -0.3 is 15.4 Å². The van der Waals surface area contributed by atoms with E-state index in [-0.39, 0.29) is 5.82 Å². The van der Waals surface area contributed by atoms with Gasteiger partial charge in [0.15, 0.2) is 5.96 Å². The fraction of sp³-hybridized carbons (Fsp3) is 0.562. The Bertz CT molecular complexity index is 439. The SMILES string of the molecule is NC(=NCCCOc1ccc(F)cc1)N1CCCCCC1. The van der Waals surface area contributed by atoms with E-state index in [1.807, 2.05) is 0 Å². The summed E-state index contributed by atoms with van der Waals surface area (Å²) in [6.07, 6.45) is 5.77. The highest BCUT2D eigenvalue weighted by Gasteiger charge is 2.10. The van der Waals surface area contributed by atoms with Crippen LogP contribution in [0.2, 0.25) is 0 Å². The third-order valence-corrected chi connectivity index (χ3v) is 3.59. The van der Waals surface area contributed by atoms with Crippen LogP contribution in [0.15, 0.2) is 29.3 Å². The first-order valence-electron chi connectivity index (χ1n) is 7.69. The highest BCUT2D eigenvalue weighted by atomic mass is 19.1. The molecule has 0 unspecified atom stereocenters. The van der Waals surface area contributed by atoms with Gasteiger partial charge in [-0.25, -0.2) is 4.39 Å². The predicted octanol–water partition coefficient (Wildman–Crippen LogP) is 2.79. The molecule has 1 saturated heterocycles. The van der Waals surface area contributed by atoms with E-state index in [0.717, 1.165) is 19.5 Å². The number of nitrogens with zero attached hydrogens (tertiary/aromatic N) is 2. The van der Waals surface area contributed by atoms with E-state index in [1.54, 1.807) is 12.1 Å². The molecule has 1 aliphatic rings. The monoisotopic (exact) mass is 293 g/mol. The number of guanidine groups is 1. The molecule has 1 aliphatic heterocycles. The second-order valence-electron chi connectivity index (χ2n) is 5.30. The number of aliphatic imine (C=N–C) groups is 1. The van der Waals surface area contributed by atoms with Crippen molar-refractivity contribution in [1.29, 1.82) is 0 Å². The summed E-state index contributed by atoms with van der Waals surface area (Å²) in [6, 6.07) is 6.05. The highest BCUT2D eigenvalue weighted by Crippen LogP contribution is 2.11. The summed E-state index contributed by atoms with van der Waals surface area (Å²) >= 11 is 0. The first-order valence-corrected chi connectivity index (χ1v) is 7.69. The zero-order chi connectivity index (χ0) is 14.9. The number of rotatable bonds is 5. The lowest BCUT2D eigenvalue weighted by atomic mass is 10.2. The lowest BCUT2D eigenvalue weighted by Crippen LogP contribution is -2.38. The summed E-state index contributed by atoms with van der Waals surface area (Å²) < 4.78 is 18.3. The Labute approximate surface area is 125 Å². The maximum atomic E-state index is 12.7. The van der Waals surface area contributed by atoms with Crippen molar-refractivity contribution in [3.8, 4) is 5.75 Å². The summed E-state index contributed by atoms with van der Waals surface area (Å²) in [6.45, 7) is 3.24. The van der Waals surface area contributed by atoms with Gasteiger partial charge in [-0.05, 0) is 37.1 Å². The lowest BCUT2D eigenvalue weighted by molar-refractivity contribution is 0.312. The maximum Gasteiger partial charge on any atom is 0.191 e. The summed E-state index contributed by atoms with van der Waals surface area (Å²) in [5, 5.41) is 0. The van der Waals surface area contributed by atoms with Gasteiger partial charge in [-0.15, -0.1) is 0 Å². The number of likely N-dealkylation sites (tertiary alicyclic amines) is 1. The molecule has 0 bridgehead atoms. The van der Waals surface area contributed by atoms with Gasteiger partial charge >= 0.3 is 0 Å². The molecule has 0 amide bonds. The smallest absolute Gasteiger partial charge is 0.191 e. The number of hydrogen-bond acceptors (Lipinski definition) is 2. The minimum Gasteiger partial charge on any atom is -0.494 e. The number of benzene rings is 1. The van der Waals surface area contributed by atoms with E-state index in [4.69, 9.17) is 10.5 Å². The van der Waals surface area contributed by atoms with Crippen molar-refractivity contribution in [3.63, 3.8) is 0 Å².